The highest BCUT2D eigenvalue weighted by Crippen LogP contribution is 2.18. The summed E-state index contributed by atoms with van der Waals surface area (Å²) in [4.78, 5) is 15.0. The molecular weight excluding hydrogens is 422 g/mol. The van der Waals surface area contributed by atoms with Gasteiger partial charge >= 0.3 is 0 Å². The van der Waals surface area contributed by atoms with Gasteiger partial charge in [-0.25, -0.2) is 0 Å². The Hall–Kier alpha value is -2.99. The number of aryl methyl sites for hydroxylation is 1. The first kappa shape index (κ1) is 24.1. The minimum absolute atomic E-state index is 0.0462. The van der Waals surface area contributed by atoms with Crippen molar-refractivity contribution in [1.82, 2.24) is 25.0 Å². The van der Waals surface area contributed by atoms with E-state index in [1.807, 2.05) is 25.1 Å². The molecule has 6 heteroatoms. The van der Waals surface area contributed by atoms with Crippen LogP contribution in [0, 0.1) is 5.92 Å². The summed E-state index contributed by atoms with van der Waals surface area (Å²) in [5, 5.41) is 12.0. The number of nitrogens with zero attached hydrogens (tertiary/aromatic N) is 4. The molecular formula is C28H37N5O. The lowest BCUT2D eigenvalue weighted by Gasteiger charge is -2.20. The molecule has 2 aromatic carbocycles. The molecule has 0 radical (unpaired) electrons. The number of carbonyl (C=O) groups excluding carboxylic acids is 1. The Bertz CT molecular complexity index is 1060. The van der Waals surface area contributed by atoms with Gasteiger partial charge in [-0.15, -0.1) is 10.2 Å². The number of aromatic nitrogens is 3. The second kappa shape index (κ2) is 11.4. The van der Waals surface area contributed by atoms with Gasteiger partial charge in [0.25, 0.3) is 0 Å². The molecule has 0 fully saturated rings. The minimum Gasteiger partial charge on any atom is -0.346 e. The third-order valence-corrected chi connectivity index (χ3v) is 6.47. The maximum atomic E-state index is 12.5. The van der Waals surface area contributed by atoms with Crippen molar-refractivity contribution >= 4 is 5.91 Å². The molecule has 4 rings (SSSR count). The average Bonchev–Trinajstić information content (AvgIpc) is 3.14. The fraction of sp³-hybridized carbons (Fsp3) is 0.464. The van der Waals surface area contributed by atoms with E-state index in [-0.39, 0.29) is 11.9 Å². The summed E-state index contributed by atoms with van der Waals surface area (Å²) in [6.07, 6.45) is 3.21. The lowest BCUT2D eigenvalue weighted by molar-refractivity contribution is -0.121. The Balaban J connectivity index is 1.30. The first-order valence-electron chi connectivity index (χ1n) is 12.5. The van der Waals surface area contributed by atoms with Gasteiger partial charge in [0, 0.05) is 39.0 Å². The number of carbonyl (C=O) groups is 1. The van der Waals surface area contributed by atoms with Crippen LogP contribution in [0.25, 0.3) is 0 Å². The molecule has 1 N–H and O–H groups in total. The molecule has 1 amide bonds. The number of hydrogen-bond acceptors (Lipinski definition) is 4. The number of fused-ring (bicyclic) bond motifs is 1. The maximum Gasteiger partial charge on any atom is 0.220 e. The normalized spacial score (nSPS) is 15.1. The Morgan fingerprint density at radius 2 is 1.65 bits per heavy atom. The van der Waals surface area contributed by atoms with E-state index in [1.54, 1.807) is 0 Å². The van der Waals surface area contributed by atoms with E-state index in [9.17, 15) is 4.79 Å². The number of rotatable bonds is 9. The van der Waals surface area contributed by atoms with Gasteiger partial charge in [-0.3, -0.25) is 9.69 Å². The van der Waals surface area contributed by atoms with Crippen LogP contribution in [0.3, 0.4) is 0 Å². The summed E-state index contributed by atoms with van der Waals surface area (Å²) in [6, 6.07) is 19.0. The van der Waals surface area contributed by atoms with Crippen LogP contribution in [0.4, 0.5) is 0 Å². The Morgan fingerprint density at radius 1 is 0.912 bits per heavy atom. The molecule has 34 heavy (non-hydrogen) atoms. The van der Waals surface area contributed by atoms with Gasteiger partial charge in [0.1, 0.15) is 5.82 Å². The predicted molar refractivity (Wildman–Crippen MR) is 135 cm³/mol. The fourth-order valence-electron chi connectivity index (χ4n) is 4.66. The average molecular weight is 460 g/mol. The van der Waals surface area contributed by atoms with E-state index < -0.39 is 0 Å². The molecule has 0 saturated heterocycles. The van der Waals surface area contributed by atoms with Crippen LogP contribution in [0.1, 0.15) is 61.6 Å². The highest BCUT2D eigenvalue weighted by atomic mass is 16.1. The summed E-state index contributed by atoms with van der Waals surface area (Å²) in [5.41, 5.74) is 3.94. The third kappa shape index (κ3) is 6.54. The molecule has 6 nitrogen and oxygen atoms in total. The minimum atomic E-state index is -0.162. The van der Waals surface area contributed by atoms with Crippen molar-refractivity contribution in [3.63, 3.8) is 0 Å². The molecule has 0 spiro atoms. The van der Waals surface area contributed by atoms with Crippen molar-refractivity contribution in [1.29, 1.82) is 0 Å². The molecule has 2 heterocycles. The van der Waals surface area contributed by atoms with Crippen LogP contribution in [0.2, 0.25) is 0 Å². The maximum absolute atomic E-state index is 12.5. The Kier molecular flexibility index (Phi) is 8.12. The summed E-state index contributed by atoms with van der Waals surface area (Å²) in [5.74, 6) is 2.58. The van der Waals surface area contributed by atoms with Gasteiger partial charge in [-0.1, -0.05) is 68.4 Å². The molecule has 1 aliphatic rings. The number of hydrogen-bond donors (Lipinski definition) is 1. The van der Waals surface area contributed by atoms with Gasteiger partial charge in [0.05, 0.1) is 6.04 Å². The van der Waals surface area contributed by atoms with E-state index in [0.717, 1.165) is 57.1 Å². The molecule has 1 aromatic heterocycles. The lowest BCUT2D eigenvalue weighted by Crippen LogP contribution is -2.30. The first-order chi connectivity index (χ1) is 16.5. The fourth-order valence-corrected chi connectivity index (χ4v) is 4.66. The summed E-state index contributed by atoms with van der Waals surface area (Å²) >= 11 is 0. The standard InChI is InChI=1S/C28H37N5O/c1-21(2)19-24-9-11-25(12-10-24)20-32-16-15-26-30-31-28(33(26)18-17-32)22(3)29-27(34)14-13-23-7-5-4-6-8-23/h4-12,21-22H,13-20H2,1-3H3,(H,29,34)/t22-/m1/s1. The second-order valence-corrected chi connectivity index (χ2v) is 9.84. The second-order valence-electron chi connectivity index (χ2n) is 9.84. The zero-order valence-electron chi connectivity index (χ0n) is 20.7. The molecule has 0 aliphatic carbocycles. The molecule has 180 valence electrons. The van der Waals surface area contributed by atoms with Crippen molar-refractivity contribution in [2.24, 2.45) is 5.92 Å². The van der Waals surface area contributed by atoms with Crippen molar-refractivity contribution in [3.05, 3.63) is 82.9 Å². The molecule has 0 saturated carbocycles. The van der Waals surface area contributed by atoms with Gasteiger partial charge < -0.3 is 9.88 Å². The SMILES string of the molecule is CC(C)Cc1ccc(CN2CCc3nnc([C@@H](C)NC(=O)CCc4ccccc4)n3CC2)cc1. The van der Waals surface area contributed by atoms with E-state index in [1.165, 1.54) is 16.7 Å². The lowest BCUT2D eigenvalue weighted by atomic mass is 10.0. The van der Waals surface area contributed by atoms with Gasteiger partial charge in [-0.05, 0) is 42.4 Å². The van der Waals surface area contributed by atoms with Crippen LogP contribution < -0.4 is 5.32 Å². The largest absolute Gasteiger partial charge is 0.346 e. The van der Waals surface area contributed by atoms with E-state index in [2.05, 4.69) is 75.2 Å². The molecule has 1 aliphatic heterocycles. The van der Waals surface area contributed by atoms with E-state index >= 15 is 0 Å². The van der Waals surface area contributed by atoms with Crippen LogP contribution in [0.5, 0.6) is 0 Å². The summed E-state index contributed by atoms with van der Waals surface area (Å²) in [7, 11) is 0. The van der Waals surface area contributed by atoms with Crippen LogP contribution in [0.15, 0.2) is 54.6 Å². The Labute approximate surface area is 203 Å². The first-order valence-corrected chi connectivity index (χ1v) is 12.5. The van der Waals surface area contributed by atoms with Gasteiger partial charge in [-0.2, -0.15) is 0 Å². The highest BCUT2D eigenvalue weighted by Gasteiger charge is 2.22. The van der Waals surface area contributed by atoms with Gasteiger partial charge in [0.15, 0.2) is 5.82 Å². The predicted octanol–water partition coefficient (Wildman–Crippen LogP) is 4.34. The van der Waals surface area contributed by atoms with E-state index in [4.69, 9.17) is 0 Å². The van der Waals surface area contributed by atoms with Crippen LogP contribution in [-0.2, 0) is 37.1 Å². The number of amides is 1. The van der Waals surface area contributed by atoms with Crippen LogP contribution in [-0.4, -0.2) is 38.7 Å². The topological polar surface area (TPSA) is 63.1 Å². The number of benzene rings is 2. The molecule has 3 aromatic rings. The summed E-state index contributed by atoms with van der Waals surface area (Å²) < 4.78 is 2.20. The Morgan fingerprint density at radius 3 is 2.38 bits per heavy atom. The number of nitrogens with one attached hydrogen (secondary N) is 1. The van der Waals surface area contributed by atoms with Crippen molar-refractivity contribution in [3.8, 4) is 0 Å². The van der Waals surface area contributed by atoms with Crippen molar-refractivity contribution in [2.45, 2.75) is 65.6 Å². The van der Waals surface area contributed by atoms with Gasteiger partial charge in [0.2, 0.25) is 5.91 Å². The zero-order valence-corrected chi connectivity index (χ0v) is 20.7. The van der Waals surface area contributed by atoms with Crippen LogP contribution >= 0.6 is 0 Å². The highest BCUT2D eigenvalue weighted by molar-refractivity contribution is 5.76. The van der Waals surface area contributed by atoms with Crippen molar-refractivity contribution < 1.29 is 4.79 Å². The summed E-state index contributed by atoms with van der Waals surface area (Å²) in [6.45, 7) is 10.2. The van der Waals surface area contributed by atoms with E-state index in [0.29, 0.717) is 12.3 Å². The third-order valence-electron chi connectivity index (χ3n) is 6.47. The quantitative estimate of drug-likeness (QED) is 0.517. The molecule has 1 atom stereocenters. The monoisotopic (exact) mass is 459 g/mol. The smallest absolute Gasteiger partial charge is 0.220 e. The molecule has 0 bridgehead atoms. The van der Waals surface area contributed by atoms with Crippen molar-refractivity contribution in [2.75, 3.05) is 13.1 Å². The zero-order chi connectivity index (χ0) is 23.9. The molecule has 0 unspecified atom stereocenters.